The van der Waals surface area contributed by atoms with Crippen molar-refractivity contribution >= 4 is 33.2 Å². The molecule has 32 heavy (non-hydrogen) atoms. The number of anilines is 1. The van der Waals surface area contributed by atoms with Gasteiger partial charge < -0.3 is 23.8 Å². The lowest BCUT2D eigenvalue weighted by Crippen LogP contribution is -2.36. The normalized spacial score (nSPS) is 15.3. The molecule has 2 aromatic rings. The third-order valence-electron chi connectivity index (χ3n) is 5.24. The fourth-order valence-electron chi connectivity index (χ4n) is 3.42. The lowest BCUT2D eigenvalue weighted by atomic mass is 10.1. The Labute approximate surface area is 196 Å². The van der Waals surface area contributed by atoms with Crippen molar-refractivity contribution in [2.75, 3.05) is 52.5 Å². The number of halogens is 1. The Hall–Kier alpha value is -2.62. The van der Waals surface area contributed by atoms with E-state index < -0.39 is 6.10 Å². The Balaban J connectivity index is 1.71. The Morgan fingerprint density at radius 2 is 1.69 bits per heavy atom. The van der Waals surface area contributed by atoms with Crippen LogP contribution < -0.4 is 19.8 Å². The van der Waals surface area contributed by atoms with Crippen molar-refractivity contribution in [3.8, 4) is 11.5 Å². The number of morpholine rings is 1. The molecule has 2 aromatic carbocycles. The summed E-state index contributed by atoms with van der Waals surface area (Å²) in [6.45, 7) is 4.94. The molecule has 3 rings (SSSR count). The summed E-state index contributed by atoms with van der Waals surface area (Å²) in [6, 6.07) is 11.4. The smallest absolute Gasteiger partial charge is 0.273 e. The van der Waals surface area contributed by atoms with Crippen molar-refractivity contribution in [3.05, 3.63) is 52.0 Å². The van der Waals surface area contributed by atoms with Crippen LogP contribution in [0.15, 0.2) is 46.0 Å². The van der Waals surface area contributed by atoms with Gasteiger partial charge in [-0.2, -0.15) is 5.10 Å². The molecular weight excluding hydrogens is 478 g/mol. The van der Waals surface area contributed by atoms with E-state index in [0.29, 0.717) is 21.7 Å². The second kappa shape index (κ2) is 11.3. The van der Waals surface area contributed by atoms with Crippen LogP contribution in [0.5, 0.6) is 11.5 Å². The first-order chi connectivity index (χ1) is 15.5. The number of hydrazone groups is 1. The van der Waals surface area contributed by atoms with Gasteiger partial charge in [0.15, 0.2) is 6.10 Å². The van der Waals surface area contributed by atoms with Gasteiger partial charge in [-0.25, -0.2) is 5.43 Å². The van der Waals surface area contributed by atoms with Crippen molar-refractivity contribution in [1.29, 1.82) is 0 Å². The van der Waals surface area contributed by atoms with Crippen molar-refractivity contribution in [2.45, 2.75) is 13.0 Å². The summed E-state index contributed by atoms with van der Waals surface area (Å²) in [7, 11) is 4.65. The molecule has 1 amide bonds. The first-order valence-electron chi connectivity index (χ1n) is 10.2. The number of ether oxygens (including phenoxy) is 4. The minimum atomic E-state index is -0.778. The molecule has 8 nitrogen and oxygen atoms in total. The monoisotopic (exact) mass is 505 g/mol. The highest BCUT2D eigenvalue weighted by Gasteiger charge is 2.21. The van der Waals surface area contributed by atoms with E-state index in [9.17, 15) is 4.79 Å². The van der Waals surface area contributed by atoms with Gasteiger partial charge in [-0.05, 0) is 52.7 Å². The van der Waals surface area contributed by atoms with Gasteiger partial charge in [-0.15, -0.1) is 0 Å². The van der Waals surface area contributed by atoms with Crippen LogP contribution in [0, 0.1) is 0 Å². The summed E-state index contributed by atoms with van der Waals surface area (Å²) in [6.07, 6.45) is -0.778. The molecule has 0 aliphatic carbocycles. The fourth-order valence-corrected chi connectivity index (χ4v) is 3.97. The number of carbonyl (C=O) groups is 1. The highest BCUT2D eigenvalue weighted by atomic mass is 79.9. The maximum absolute atomic E-state index is 12.8. The first kappa shape index (κ1) is 24.0. The SMILES string of the molecule is COc1cc(C(C)=NNC(=O)C(OC)c2ccc(N3CCOCC3)cc2)cc(OC)c1Br. The molecule has 1 heterocycles. The van der Waals surface area contributed by atoms with Gasteiger partial charge in [0, 0.05) is 31.5 Å². The van der Waals surface area contributed by atoms with Crippen LogP contribution in [-0.4, -0.2) is 59.3 Å². The molecule has 0 aromatic heterocycles. The molecule has 1 fully saturated rings. The highest BCUT2D eigenvalue weighted by molar-refractivity contribution is 9.10. The van der Waals surface area contributed by atoms with E-state index in [1.54, 1.807) is 21.1 Å². The van der Waals surface area contributed by atoms with Gasteiger partial charge in [0.25, 0.3) is 5.91 Å². The van der Waals surface area contributed by atoms with Crippen LogP contribution in [0.3, 0.4) is 0 Å². The number of benzene rings is 2. The summed E-state index contributed by atoms with van der Waals surface area (Å²) in [5.74, 6) is 0.854. The molecule has 172 valence electrons. The second-order valence-corrected chi connectivity index (χ2v) is 7.97. The van der Waals surface area contributed by atoms with Crippen LogP contribution >= 0.6 is 15.9 Å². The number of carbonyl (C=O) groups excluding carboxylic acids is 1. The zero-order valence-electron chi connectivity index (χ0n) is 18.7. The molecule has 1 N–H and O–H groups in total. The molecule has 0 radical (unpaired) electrons. The summed E-state index contributed by atoms with van der Waals surface area (Å²) < 4.78 is 22.3. The average Bonchev–Trinajstić information content (AvgIpc) is 2.84. The van der Waals surface area contributed by atoms with Crippen LogP contribution in [-0.2, 0) is 14.3 Å². The Morgan fingerprint density at radius 1 is 1.09 bits per heavy atom. The van der Waals surface area contributed by atoms with Crippen LogP contribution in [0.2, 0.25) is 0 Å². The standard InChI is InChI=1S/C23H28BrN3O5/c1-15(17-13-19(29-2)21(24)20(14-17)30-3)25-26-23(28)22(31-4)16-5-7-18(8-6-16)27-9-11-32-12-10-27/h5-8,13-14,22H,9-12H2,1-4H3,(H,26,28). The Bertz CT molecular complexity index is 934. The second-order valence-electron chi connectivity index (χ2n) is 7.17. The molecule has 0 bridgehead atoms. The number of nitrogens with zero attached hydrogens (tertiary/aromatic N) is 2. The first-order valence-corrected chi connectivity index (χ1v) is 11.0. The van der Waals surface area contributed by atoms with Crippen molar-refractivity contribution in [1.82, 2.24) is 5.43 Å². The number of rotatable bonds is 8. The van der Waals surface area contributed by atoms with E-state index >= 15 is 0 Å². The van der Waals surface area contributed by atoms with E-state index in [1.165, 1.54) is 7.11 Å². The largest absolute Gasteiger partial charge is 0.495 e. The minimum absolute atomic E-state index is 0.359. The Morgan fingerprint density at radius 3 is 2.22 bits per heavy atom. The average molecular weight is 506 g/mol. The van der Waals surface area contributed by atoms with E-state index in [4.69, 9.17) is 18.9 Å². The van der Waals surface area contributed by atoms with Crippen molar-refractivity contribution in [2.24, 2.45) is 5.10 Å². The molecule has 1 atom stereocenters. The highest BCUT2D eigenvalue weighted by Crippen LogP contribution is 2.35. The molecule has 1 aliphatic heterocycles. The predicted molar refractivity (Wildman–Crippen MR) is 127 cm³/mol. The molecule has 1 saturated heterocycles. The summed E-state index contributed by atoms with van der Waals surface area (Å²) in [5, 5.41) is 4.25. The third-order valence-corrected chi connectivity index (χ3v) is 6.02. The lowest BCUT2D eigenvalue weighted by molar-refractivity contribution is -0.131. The van der Waals surface area contributed by atoms with Gasteiger partial charge in [0.1, 0.15) is 16.0 Å². The number of methoxy groups -OCH3 is 3. The van der Waals surface area contributed by atoms with Crippen molar-refractivity contribution in [3.63, 3.8) is 0 Å². The molecule has 1 unspecified atom stereocenters. The van der Waals surface area contributed by atoms with E-state index in [-0.39, 0.29) is 5.91 Å². The molecular formula is C23H28BrN3O5. The summed E-state index contributed by atoms with van der Waals surface area (Å²) in [4.78, 5) is 15.0. The van der Waals surface area contributed by atoms with Crippen LogP contribution in [0.1, 0.15) is 24.2 Å². The van der Waals surface area contributed by atoms with Gasteiger partial charge in [0.2, 0.25) is 0 Å². The van der Waals surface area contributed by atoms with E-state index in [0.717, 1.165) is 43.1 Å². The number of hydrogen-bond acceptors (Lipinski definition) is 7. The minimum Gasteiger partial charge on any atom is -0.495 e. The lowest BCUT2D eigenvalue weighted by Gasteiger charge is -2.29. The number of nitrogens with one attached hydrogen (secondary N) is 1. The molecule has 1 aliphatic rings. The predicted octanol–water partition coefficient (Wildman–Crippen LogP) is 3.53. The summed E-state index contributed by atoms with van der Waals surface area (Å²) >= 11 is 3.45. The maximum Gasteiger partial charge on any atom is 0.273 e. The van der Waals surface area contributed by atoms with Crippen molar-refractivity contribution < 1.29 is 23.7 Å². The van der Waals surface area contributed by atoms with Gasteiger partial charge in [0.05, 0.1) is 33.1 Å². The Kier molecular flexibility index (Phi) is 8.49. The molecule has 0 saturated carbocycles. The van der Waals surface area contributed by atoms with Gasteiger partial charge in [-0.3, -0.25) is 4.79 Å². The fraction of sp³-hybridized carbons (Fsp3) is 0.391. The maximum atomic E-state index is 12.8. The van der Waals surface area contributed by atoms with E-state index in [2.05, 4.69) is 31.4 Å². The van der Waals surface area contributed by atoms with Gasteiger partial charge >= 0.3 is 0 Å². The topological polar surface area (TPSA) is 81.6 Å². The van der Waals surface area contributed by atoms with E-state index in [1.807, 2.05) is 36.4 Å². The van der Waals surface area contributed by atoms with Crippen LogP contribution in [0.4, 0.5) is 5.69 Å². The quantitative estimate of drug-likeness (QED) is 0.436. The zero-order valence-corrected chi connectivity index (χ0v) is 20.3. The number of amides is 1. The molecule has 0 spiro atoms. The van der Waals surface area contributed by atoms with Gasteiger partial charge in [-0.1, -0.05) is 12.1 Å². The number of hydrogen-bond donors (Lipinski definition) is 1. The summed E-state index contributed by atoms with van der Waals surface area (Å²) in [5.41, 5.74) is 5.80. The van der Waals surface area contributed by atoms with Crippen LogP contribution in [0.25, 0.3) is 0 Å². The third kappa shape index (κ3) is 5.59. The molecule has 9 heteroatoms. The zero-order chi connectivity index (χ0) is 23.1.